The Hall–Kier alpha value is -1.41. The standard InChI is InChI=1S/C14H18N2/c1-3-14-13-8-6-5-7-12(13)11(10-16-14)9-15-4-2/h5-8,10,15H,3-4,9H2,1-2H3. The second-order valence-electron chi connectivity index (χ2n) is 3.91. The highest BCUT2D eigenvalue weighted by Gasteiger charge is 2.04. The van der Waals surface area contributed by atoms with E-state index in [1.807, 2.05) is 6.20 Å². The van der Waals surface area contributed by atoms with E-state index in [9.17, 15) is 0 Å². The number of benzene rings is 1. The minimum Gasteiger partial charge on any atom is -0.313 e. The number of fused-ring (bicyclic) bond motifs is 1. The summed E-state index contributed by atoms with van der Waals surface area (Å²) < 4.78 is 0. The minimum absolute atomic E-state index is 0.897. The summed E-state index contributed by atoms with van der Waals surface area (Å²) in [6, 6.07) is 8.52. The van der Waals surface area contributed by atoms with Gasteiger partial charge >= 0.3 is 0 Å². The third-order valence-electron chi connectivity index (χ3n) is 2.86. The molecule has 16 heavy (non-hydrogen) atoms. The Labute approximate surface area is 96.7 Å². The molecule has 0 aliphatic carbocycles. The van der Waals surface area contributed by atoms with Gasteiger partial charge in [0.15, 0.2) is 0 Å². The fraction of sp³-hybridized carbons (Fsp3) is 0.357. The van der Waals surface area contributed by atoms with Gasteiger partial charge in [0.05, 0.1) is 0 Å². The van der Waals surface area contributed by atoms with Crippen molar-refractivity contribution in [3.05, 3.63) is 41.7 Å². The molecule has 2 nitrogen and oxygen atoms in total. The molecule has 0 aliphatic rings. The van der Waals surface area contributed by atoms with Crippen LogP contribution < -0.4 is 5.32 Å². The first-order valence-corrected chi connectivity index (χ1v) is 5.93. The summed E-state index contributed by atoms with van der Waals surface area (Å²) in [7, 11) is 0. The molecule has 0 fully saturated rings. The van der Waals surface area contributed by atoms with Gasteiger partial charge in [-0.2, -0.15) is 0 Å². The zero-order valence-corrected chi connectivity index (χ0v) is 9.96. The Kier molecular flexibility index (Phi) is 3.52. The first kappa shape index (κ1) is 11.1. The summed E-state index contributed by atoms with van der Waals surface area (Å²) in [6.45, 7) is 6.16. The van der Waals surface area contributed by atoms with Crippen LogP contribution in [0.15, 0.2) is 30.5 Å². The lowest BCUT2D eigenvalue weighted by Gasteiger charge is -2.09. The first-order chi connectivity index (χ1) is 7.86. The van der Waals surface area contributed by atoms with E-state index in [-0.39, 0.29) is 0 Å². The average Bonchev–Trinajstić information content (AvgIpc) is 2.36. The van der Waals surface area contributed by atoms with Crippen LogP contribution >= 0.6 is 0 Å². The molecule has 0 saturated carbocycles. The van der Waals surface area contributed by atoms with E-state index < -0.39 is 0 Å². The van der Waals surface area contributed by atoms with E-state index in [2.05, 4.69) is 48.4 Å². The summed E-state index contributed by atoms with van der Waals surface area (Å²) in [5.74, 6) is 0. The number of rotatable bonds is 4. The molecule has 2 rings (SSSR count). The van der Waals surface area contributed by atoms with E-state index in [1.54, 1.807) is 0 Å². The Morgan fingerprint density at radius 3 is 2.56 bits per heavy atom. The maximum atomic E-state index is 4.54. The van der Waals surface area contributed by atoms with Crippen molar-refractivity contribution in [2.45, 2.75) is 26.8 Å². The van der Waals surface area contributed by atoms with Crippen molar-refractivity contribution in [2.75, 3.05) is 6.54 Å². The second kappa shape index (κ2) is 5.08. The third kappa shape index (κ3) is 2.07. The molecule has 2 aromatic rings. The Morgan fingerprint density at radius 2 is 1.88 bits per heavy atom. The first-order valence-electron chi connectivity index (χ1n) is 5.93. The van der Waals surface area contributed by atoms with Crippen molar-refractivity contribution in [2.24, 2.45) is 0 Å². The van der Waals surface area contributed by atoms with Crippen molar-refractivity contribution >= 4 is 10.8 Å². The maximum absolute atomic E-state index is 4.54. The summed E-state index contributed by atoms with van der Waals surface area (Å²) >= 11 is 0. The van der Waals surface area contributed by atoms with E-state index in [4.69, 9.17) is 0 Å². The summed E-state index contributed by atoms with van der Waals surface area (Å²) in [6.07, 6.45) is 2.99. The molecule has 84 valence electrons. The molecule has 0 spiro atoms. The lowest BCUT2D eigenvalue weighted by Crippen LogP contribution is -2.12. The predicted octanol–water partition coefficient (Wildman–Crippen LogP) is 2.91. The molecule has 0 saturated heterocycles. The van der Waals surface area contributed by atoms with Crippen LogP contribution in [0.3, 0.4) is 0 Å². The largest absolute Gasteiger partial charge is 0.313 e. The fourth-order valence-electron chi connectivity index (χ4n) is 1.99. The van der Waals surface area contributed by atoms with Gasteiger partial charge in [0.1, 0.15) is 0 Å². The minimum atomic E-state index is 0.897. The van der Waals surface area contributed by atoms with Crippen LogP contribution in [-0.4, -0.2) is 11.5 Å². The van der Waals surface area contributed by atoms with Gasteiger partial charge < -0.3 is 5.32 Å². The molecule has 1 N–H and O–H groups in total. The Bertz CT molecular complexity index is 477. The SMILES string of the molecule is CCNCc1cnc(CC)c2ccccc12. The second-order valence-corrected chi connectivity index (χ2v) is 3.91. The van der Waals surface area contributed by atoms with Gasteiger partial charge in [-0.05, 0) is 23.9 Å². The van der Waals surface area contributed by atoms with Crippen LogP contribution in [-0.2, 0) is 13.0 Å². The molecule has 1 aromatic carbocycles. The molecule has 0 amide bonds. The fourth-order valence-corrected chi connectivity index (χ4v) is 1.99. The molecule has 0 aliphatic heterocycles. The summed E-state index contributed by atoms with van der Waals surface area (Å²) in [5, 5.41) is 5.98. The zero-order valence-electron chi connectivity index (χ0n) is 9.96. The number of nitrogens with one attached hydrogen (secondary N) is 1. The summed E-state index contributed by atoms with van der Waals surface area (Å²) in [4.78, 5) is 4.54. The number of hydrogen-bond acceptors (Lipinski definition) is 2. The smallest absolute Gasteiger partial charge is 0.0479 e. The molecular weight excluding hydrogens is 196 g/mol. The number of nitrogens with zero attached hydrogens (tertiary/aromatic N) is 1. The normalized spacial score (nSPS) is 10.9. The van der Waals surface area contributed by atoms with Crippen molar-refractivity contribution < 1.29 is 0 Å². The highest BCUT2D eigenvalue weighted by Crippen LogP contribution is 2.21. The van der Waals surface area contributed by atoms with E-state index in [1.165, 1.54) is 22.0 Å². The van der Waals surface area contributed by atoms with E-state index in [0.717, 1.165) is 19.5 Å². The lowest BCUT2D eigenvalue weighted by molar-refractivity contribution is 0.728. The van der Waals surface area contributed by atoms with Gasteiger partial charge in [0.25, 0.3) is 0 Å². The van der Waals surface area contributed by atoms with Crippen LogP contribution in [0.4, 0.5) is 0 Å². The van der Waals surface area contributed by atoms with Gasteiger partial charge in [-0.1, -0.05) is 38.1 Å². The van der Waals surface area contributed by atoms with Gasteiger partial charge in [-0.25, -0.2) is 0 Å². The topological polar surface area (TPSA) is 24.9 Å². The van der Waals surface area contributed by atoms with Gasteiger partial charge in [-0.3, -0.25) is 4.98 Å². The van der Waals surface area contributed by atoms with Gasteiger partial charge in [0, 0.05) is 23.8 Å². The molecule has 0 atom stereocenters. The number of aromatic nitrogens is 1. The Balaban J connectivity index is 2.51. The van der Waals surface area contributed by atoms with E-state index >= 15 is 0 Å². The van der Waals surface area contributed by atoms with E-state index in [0.29, 0.717) is 0 Å². The number of hydrogen-bond donors (Lipinski definition) is 1. The maximum Gasteiger partial charge on any atom is 0.0479 e. The predicted molar refractivity (Wildman–Crippen MR) is 68.5 cm³/mol. The van der Waals surface area contributed by atoms with Crippen LogP contribution in [0.25, 0.3) is 10.8 Å². The van der Waals surface area contributed by atoms with Crippen LogP contribution in [0, 0.1) is 0 Å². The molecule has 1 aromatic heterocycles. The van der Waals surface area contributed by atoms with Crippen LogP contribution in [0.1, 0.15) is 25.1 Å². The van der Waals surface area contributed by atoms with Gasteiger partial charge in [-0.15, -0.1) is 0 Å². The molecular formula is C14H18N2. The highest BCUT2D eigenvalue weighted by molar-refractivity contribution is 5.87. The van der Waals surface area contributed by atoms with Crippen molar-refractivity contribution in [1.82, 2.24) is 10.3 Å². The number of pyridine rings is 1. The third-order valence-corrected chi connectivity index (χ3v) is 2.86. The van der Waals surface area contributed by atoms with Crippen LogP contribution in [0.2, 0.25) is 0 Å². The number of aryl methyl sites for hydroxylation is 1. The quantitative estimate of drug-likeness (QED) is 0.846. The Morgan fingerprint density at radius 1 is 1.12 bits per heavy atom. The zero-order chi connectivity index (χ0) is 11.4. The average molecular weight is 214 g/mol. The lowest BCUT2D eigenvalue weighted by atomic mass is 10.0. The van der Waals surface area contributed by atoms with Gasteiger partial charge in [0.2, 0.25) is 0 Å². The molecule has 1 heterocycles. The molecule has 0 radical (unpaired) electrons. The molecule has 0 bridgehead atoms. The summed E-state index contributed by atoms with van der Waals surface area (Å²) in [5.41, 5.74) is 2.48. The highest BCUT2D eigenvalue weighted by atomic mass is 14.8. The van der Waals surface area contributed by atoms with Crippen molar-refractivity contribution in [3.8, 4) is 0 Å². The molecule has 2 heteroatoms. The van der Waals surface area contributed by atoms with Crippen molar-refractivity contribution in [3.63, 3.8) is 0 Å². The molecule has 0 unspecified atom stereocenters. The monoisotopic (exact) mass is 214 g/mol. The van der Waals surface area contributed by atoms with Crippen LogP contribution in [0.5, 0.6) is 0 Å². The van der Waals surface area contributed by atoms with Crippen molar-refractivity contribution in [1.29, 1.82) is 0 Å².